The quantitative estimate of drug-likeness (QED) is 0.606. The highest BCUT2D eigenvalue weighted by Crippen LogP contribution is 2.20. The largest absolute Gasteiger partial charge is 0.390 e. The van der Waals surface area contributed by atoms with Crippen molar-refractivity contribution in [3.05, 3.63) is 0 Å². The predicted molar refractivity (Wildman–Crippen MR) is 44.6 cm³/mol. The molecule has 1 aliphatic heterocycles. The third kappa shape index (κ3) is 2.45. The summed E-state index contributed by atoms with van der Waals surface area (Å²) in [5.74, 6) is 0. The molecule has 3 heteroatoms. The van der Waals surface area contributed by atoms with Crippen LogP contribution in [0.5, 0.6) is 0 Å². The number of piperidine rings is 1. The third-order valence-corrected chi connectivity index (χ3v) is 2.19. The predicted octanol–water partition coefficient (Wildman–Crippen LogP) is 0.933. The minimum absolute atomic E-state index is 0. The molecular weight excluding hydrogens is 150 g/mol. The normalized spacial score (nSPS) is 23.4. The topological polar surface area (TPSA) is 32.3 Å². The second-order valence-electron chi connectivity index (χ2n) is 2.83. The van der Waals surface area contributed by atoms with Gasteiger partial charge in [-0.05, 0) is 32.4 Å². The number of halogens is 1. The summed E-state index contributed by atoms with van der Waals surface area (Å²) in [6.45, 7) is 4.00. The molecule has 1 saturated heterocycles. The molecule has 1 rings (SSSR count). The number of rotatable bonds is 1. The number of aliphatic hydroxyl groups is 1. The molecule has 1 heterocycles. The first-order valence-corrected chi connectivity index (χ1v) is 3.70. The van der Waals surface area contributed by atoms with Gasteiger partial charge in [-0.25, -0.2) is 0 Å². The van der Waals surface area contributed by atoms with Crippen LogP contribution in [0, 0.1) is 0 Å². The summed E-state index contributed by atoms with van der Waals surface area (Å²) in [4.78, 5) is 0. The Labute approximate surface area is 68.4 Å². The van der Waals surface area contributed by atoms with Crippen LogP contribution in [0.4, 0.5) is 0 Å². The lowest BCUT2D eigenvalue weighted by molar-refractivity contribution is 0.00698. The van der Waals surface area contributed by atoms with Crippen LogP contribution in [-0.2, 0) is 0 Å². The van der Waals surface area contributed by atoms with Crippen molar-refractivity contribution in [2.45, 2.75) is 31.8 Å². The molecule has 0 aliphatic carbocycles. The molecule has 1 aliphatic rings. The highest BCUT2D eigenvalue weighted by atomic mass is 35.5. The summed E-state index contributed by atoms with van der Waals surface area (Å²) >= 11 is 0. The molecule has 0 amide bonds. The van der Waals surface area contributed by atoms with Gasteiger partial charge in [0.2, 0.25) is 0 Å². The molecule has 62 valence electrons. The molecule has 0 radical (unpaired) electrons. The Morgan fingerprint density at radius 1 is 1.40 bits per heavy atom. The summed E-state index contributed by atoms with van der Waals surface area (Å²) in [6, 6.07) is 0. The fourth-order valence-electron chi connectivity index (χ4n) is 1.25. The van der Waals surface area contributed by atoms with E-state index < -0.39 is 0 Å². The van der Waals surface area contributed by atoms with Crippen molar-refractivity contribution in [1.82, 2.24) is 5.32 Å². The van der Waals surface area contributed by atoms with Gasteiger partial charge in [0.15, 0.2) is 0 Å². The average molecular weight is 166 g/mol. The van der Waals surface area contributed by atoms with E-state index in [1.54, 1.807) is 0 Å². The number of hydrogen-bond acceptors (Lipinski definition) is 2. The van der Waals surface area contributed by atoms with E-state index in [1.807, 2.05) is 6.92 Å². The molecule has 0 unspecified atom stereocenters. The standard InChI is InChI=1S/C7H15NO.ClH/c1-2-7(9)3-5-8-6-4-7;/h8-9H,2-6H2,1H3;1H. The van der Waals surface area contributed by atoms with Crippen LogP contribution in [0.25, 0.3) is 0 Å². The van der Waals surface area contributed by atoms with E-state index in [0.717, 1.165) is 32.4 Å². The Kier molecular flexibility index (Phi) is 4.25. The Morgan fingerprint density at radius 2 is 1.90 bits per heavy atom. The summed E-state index contributed by atoms with van der Waals surface area (Å²) < 4.78 is 0. The van der Waals surface area contributed by atoms with Crippen molar-refractivity contribution in [1.29, 1.82) is 0 Å². The molecule has 0 saturated carbocycles. The van der Waals surface area contributed by atoms with Crippen LogP contribution >= 0.6 is 12.4 Å². The molecule has 1 fully saturated rings. The number of nitrogens with one attached hydrogen (secondary N) is 1. The van der Waals surface area contributed by atoms with E-state index in [4.69, 9.17) is 0 Å². The van der Waals surface area contributed by atoms with Gasteiger partial charge in [0.1, 0.15) is 0 Å². The van der Waals surface area contributed by atoms with E-state index in [0.29, 0.717) is 0 Å². The first-order chi connectivity index (χ1) is 4.27. The molecule has 10 heavy (non-hydrogen) atoms. The summed E-state index contributed by atoms with van der Waals surface area (Å²) in [6.07, 6.45) is 2.74. The van der Waals surface area contributed by atoms with Gasteiger partial charge in [0, 0.05) is 0 Å². The van der Waals surface area contributed by atoms with Gasteiger partial charge in [-0.2, -0.15) is 0 Å². The Morgan fingerprint density at radius 3 is 2.20 bits per heavy atom. The maximum atomic E-state index is 9.64. The van der Waals surface area contributed by atoms with Crippen LogP contribution in [0.15, 0.2) is 0 Å². The maximum Gasteiger partial charge on any atom is 0.0669 e. The van der Waals surface area contributed by atoms with E-state index in [9.17, 15) is 5.11 Å². The lowest BCUT2D eigenvalue weighted by Crippen LogP contribution is -2.41. The SMILES string of the molecule is CCC1(O)CCNCC1.Cl. The van der Waals surface area contributed by atoms with Crippen LogP contribution in [-0.4, -0.2) is 23.8 Å². The molecule has 2 nitrogen and oxygen atoms in total. The zero-order valence-electron chi connectivity index (χ0n) is 6.39. The third-order valence-electron chi connectivity index (χ3n) is 2.19. The fraction of sp³-hybridized carbons (Fsp3) is 1.00. The molecule has 0 bridgehead atoms. The maximum absolute atomic E-state index is 9.64. The van der Waals surface area contributed by atoms with Gasteiger partial charge in [-0.1, -0.05) is 6.92 Å². The van der Waals surface area contributed by atoms with Gasteiger partial charge in [-0.15, -0.1) is 12.4 Å². The molecule has 0 spiro atoms. The summed E-state index contributed by atoms with van der Waals surface area (Å²) in [5, 5.41) is 12.9. The first kappa shape index (κ1) is 10.2. The van der Waals surface area contributed by atoms with Crippen LogP contribution in [0.1, 0.15) is 26.2 Å². The smallest absolute Gasteiger partial charge is 0.0669 e. The summed E-state index contributed by atoms with van der Waals surface area (Å²) in [7, 11) is 0. The lowest BCUT2D eigenvalue weighted by Gasteiger charge is -2.31. The Balaban J connectivity index is 0.000000810. The lowest BCUT2D eigenvalue weighted by atomic mass is 9.90. The molecular formula is C7H16ClNO. The molecule has 0 aromatic carbocycles. The van der Waals surface area contributed by atoms with Gasteiger partial charge < -0.3 is 10.4 Å². The minimum atomic E-state index is -0.342. The molecule has 2 N–H and O–H groups in total. The zero-order chi connectivity index (χ0) is 6.74. The fourth-order valence-corrected chi connectivity index (χ4v) is 1.25. The molecule has 0 aromatic heterocycles. The van der Waals surface area contributed by atoms with Gasteiger partial charge in [-0.3, -0.25) is 0 Å². The average Bonchev–Trinajstić information content (AvgIpc) is 1.90. The van der Waals surface area contributed by atoms with Gasteiger partial charge in [0.05, 0.1) is 5.60 Å². The van der Waals surface area contributed by atoms with E-state index >= 15 is 0 Å². The van der Waals surface area contributed by atoms with E-state index in [1.165, 1.54) is 0 Å². The highest BCUT2D eigenvalue weighted by Gasteiger charge is 2.25. The van der Waals surface area contributed by atoms with Crippen molar-refractivity contribution in [2.75, 3.05) is 13.1 Å². The molecule has 0 atom stereocenters. The van der Waals surface area contributed by atoms with E-state index in [-0.39, 0.29) is 18.0 Å². The van der Waals surface area contributed by atoms with Crippen molar-refractivity contribution < 1.29 is 5.11 Å². The van der Waals surface area contributed by atoms with Crippen molar-refractivity contribution in [2.24, 2.45) is 0 Å². The van der Waals surface area contributed by atoms with Crippen molar-refractivity contribution in [3.63, 3.8) is 0 Å². The first-order valence-electron chi connectivity index (χ1n) is 3.70. The zero-order valence-corrected chi connectivity index (χ0v) is 7.21. The van der Waals surface area contributed by atoms with E-state index in [2.05, 4.69) is 5.32 Å². The highest BCUT2D eigenvalue weighted by molar-refractivity contribution is 5.85. The Hall–Kier alpha value is 0.210. The minimum Gasteiger partial charge on any atom is -0.390 e. The second-order valence-corrected chi connectivity index (χ2v) is 2.83. The molecule has 0 aromatic rings. The number of hydrogen-bond donors (Lipinski definition) is 2. The van der Waals surface area contributed by atoms with Crippen molar-refractivity contribution in [3.8, 4) is 0 Å². The summed E-state index contributed by atoms with van der Waals surface area (Å²) in [5.41, 5.74) is -0.342. The van der Waals surface area contributed by atoms with Gasteiger partial charge >= 0.3 is 0 Å². The van der Waals surface area contributed by atoms with Crippen molar-refractivity contribution >= 4 is 12.4 Å². The van der Waals surface area contributed by atoms with Crippen LogP contribution in [0.2, 0.25) is 0 Å². The monoisotopic (exact) mass is 165 g/mol. The van der Waals surface area contributed by atoms with Crippen LogP contribution < -0.4 is 5.32 Å². The van der Waals surface area contributed by atoms with Gasteiger partial charge in [0.25, 0.3) is 0 Å². The van der Waals surface area contributed by atoms with Crippen LogP contribution in [0.3, 0.4) is 0 Å². The second kappa shape index (κ2) is 4.16. The Bertz CT molecular complexity index is 91.6.